The molecule has 0 bridgehead atoms. The summed E-state index contributed by atoms with van der Waals surface area (Å²) in [5, 5.41) is 0. The number of H-pyrrole nitrogens is 2. The zero-order valence-electron chi connectivity index (χ0n) is 7.16. The smallest absolute Gasteiger partial charge is 0.170 e. The molecule has 0 saturated heterocycles. The van der Waals surface area contributed by atoms with Gasteiger partial charge < -0.3 is 9.97 Å². The van der Waals surface area contributed by atoms with E-state index < -0.39 is 0 Å². The first kappa shape index (κ1) is 7.79. The molecule has 0 spiro atoms. The molecule has 4 heteroatoms. The van der Waals surface area contributed by atoms with Crippen molar-refractivity contribution < 1.29 is 4.79 Å². The van der Waals surface area contributed by atoms with E-state index in [9.17, 15) is 4.79 Å². The number of aryl methyl sites for hydroxylation is 1. The molecule has 0 fully saturated rings. The van der Waals surface area contributed by atoms with Crippen molar-refractivity contribution in [3.05, 3.63) is 29.8 Å². The van der Waals surface area contributed by atoms with Crippen molar-refractivity contribution >= 4 is 6.29 Å². The number of aromatic nitrogens is 3. The molecule has 0 radical (unpaired) electrons. The molecule has 0 aliphatic rings. The highest BCUT2D eigenvalue weighted by Gasteiger charge is 2.06. The lowest BCUT2D eigenvalue weighted by atomic mass is 10.3. The van der Waals surface area contributed by atoms with Crippen molar-refractivity contribution in [3.8, 4) is 11.4 Å². The summed E-state index contributed by atoms with van der Waals surface area (Å²) in [6.45, 7) is 1.83. The van der Waals surface area contributed by atoms with E-state index in [4.69, 9.17) is 0 Å². The number of aromatic amines is 2. The van der Waals surface area contributed by atoms with Crippen LogP contribution in [0.2, 0.25) is 0 Å². The van der Waals surface area contributed by atoms with Crippen LogP contribution in [-0.2, 0) is 0 Å². The maximum atomic E-state index is 10.5. The van der Waals surface area contributed by atoms with Crippen molar-refractivity contribution in [1.29, 1.82) is 0 Å². The maximum absolute atomic E-state index is 10.5. The molecule has 0 aromatic carbocycles. The van der Waals surface area contributed by atoms with Crippen LogP contribution < -0.4 is 0 Å². The summed E-state index contributed by atoms with van der Waals surface area (Å²) in [4.78, 5) is 20.6. The van der Waals surface area contributed by atoms with E-state index >= 15 is 0 Å². The number of nitrogens with zero attached hydrogens (tertiary/aromatic N) is 1. The standard InChI is InChI=1S/C9H9N3O/c1-6-8(5-13)12-9(11-6)7-2-3-10-4-7/h2-5,10H,1H3,(H,11,12). The number of nitrogens with one attached hydrogen (secondary N) is 2. The van der Waals surface area contributed by atoms with Crippen LogP contribution in [0.4, 0.5) is 0 Å². The SMILES string of the molecule is Cc1[nH]c(-c2cc[nH]c2)nc1C=O. The Morgan fingerprint density at radius 3 is 2.92 bits per heavy atom. The normalized spacial score (nSPS) is 10.2. The van der Waals surface area contributed by atoms with Crippen molar-refractivity contribution in [2.24, 2.45) is 0 Å². The Morgan fingerprint density at radius 1 is 1.54 bits per heavy atom. The lowest BCUT2D eigenvalue weighted by molar-refractivity contribution is 0.111. The predicted molar refractivity (Wildman–Crippen MR) is 48.5 cm³/mol. The molecule has 0 aliphatic heterocycles. The van der Waals surface area contributed by atoms with E-state index in [0.717, 1.165) is 23.4 Å². The quantitative estimate of drug-likeness (QED) is 0.680. The van der Waals surface area contributed by atoms with Crippen molar-refractivity contribution in [3.63, 3.8) is 0 Å². The van der Waals surface area contributed by atoms with Crippen LogP contribution in [0.15, 0.2) is 18.5 Å². The summed E-state index contributed by atoms with van der Waals surface area (Å²) in [6.07, 6.45) is 4.39. The number of hydrogen-bond acceptors (Lipinski definition) is 2. The third-order valence-electron chi connectivity index (χ3n) is 1.91. The summed E-state index contributed by atoms with van der Waals surface area (Å²) in [6, 6.07) is 1.90. The van der Waals surface area contributed by atoms with E-state index in [0.29, 0.717) is 5.69 Å². The maximum Gasteiger partial charge on any atom is 0.170 e. The van der Waals surface area contributed by atoms with E-state index in [2.05, 4.69) is 15.0 Å². The topological polar surface area (TPSA) is 61.5 Å². The molecule has 2 rings (SSSR count). The molecular weight excluding hydrogens is 166 g/mol. The molecule has 66 valence electrons. The van der Waals surface area contributed by atoms with Crippen LogP contribution in [0.1, 0.15) is 16.2 Å². The first-order valence-electron chi connectivity index (χ1n) is 3.96. The first-order valence-corrected chi connectivity index (χ1v) is 3.96. The van der Waals surface area contributed by atoms with Crippen LogP contribution >= 0.6 is 0 Å². The minimum atomic E-state index is 0.469. The van der Waals surface area contributed by atoms with Gasteiger partial charge in [0.15, 0.2) is 6.29 Å². The Morgan fingerprint density at radius 2 is 2.38 bits per heavy atom. The Hall–Kier alpha value is -1.84. The van der Waals surface area contributed by atoms with Crippen LogP contribution in [0, 0.1) is 6.92 Å². The predicted octanol–water partition coefficient (Wildman–Crippen LogP) is 1.53. The van der Waals surface area contributed by atoms with Crippen molar-refractivity contribution in [1.82, 2.24) is 15.0 Å². The summed E-state index contributed by atoms with van der Waals surface area (Å²) in [7, 11) is 0. The van der Waals surface area contributed by atoms with Gasteiger partial charge in [0.2, 0.25) is 0 Å². The zero-order chi connectivity index (χ0) is 9.26. The van der Waals surface area contributed by atoms with Gasteiger partial charge in [-0.2, -0.15) is 0 Å². The average Bonchev–Trinajstić information content (AvgIpc) is 2.71. The highest BCUT2D eigenvalue weighted by molar-refractivity contribution is 5.75. The number of aldehydes is 1. The van der Waals surface area contributed by atoms with Gasteiger partial charge in [-0.15, -0.1) is 0 Å². The zero-order valence-corrected chi connectivity index (χ0v) is 7.16. The van der Waals surface area contributed by atoms with E-state index in [1.54, 1.807) is 0 Å². The highest BCUT2D eigenvalue weighted by atomic mass is 16.1. The molecule has 4 nitrogen and oxygen atoms in total. The van der Waals surface area contributed by atoms with E-state index in [1.807, 2.05) is 25.4 Å². The second-order valence-corrected chi connectivity index (χ2v) is 2.81. The molecule has 0 saturated carbocycles. The monoisotopic (exact) mass is 175 g/mol. The van der Waals surface area contributed by atoms with Crippen LogP contribution in [0.5, 0.6) is 0 Å². The summed E-state index contributed by atoms with van der Waals surface area (Å²) < 4.78 is 0. The Kier molecular flexibility index (Phi) is 1.73. The lowest BCUT2D eigenvalue weighted by Gasteiger charge is -1.86. The van der Waals surface area contributed by atoms with Crippen LogP contribution in [0.3, 0.4) is 0 Å². The molecule has 13 heavy (non-hydrogen) atoms. The molecule has 0 atom stereocenters. The molecule has 2 aromatic rings. The molecule has 2 heterocycles. The molecular formula is C9H9N3O. The van der Waals surface area contributed by atoms with E-state index in [1.165, 1.54) is 0 Å². The Bertz CT molecular complexity index is 414. The number of hydrogen-bond donors (Lipinski definition) is 2. The number of carbonyl (C=O) groups excluding carboxylic acids is 1. The first-order chi connectivity index (χ1) is 6.31. The fraction of sp³-hybridized carbons (Fsp3) is 0.111. The Labute approximate surface area is 75.0 Å². The van der Waals surface area contributed by atoms with Gasteiger partial charge in [0.25, 0.3) is 0 Å². The van der Waals surface area contributed by atoms with E-state index in [-0.39, 0.29) is 0 Å². The van der Waals surface area contributed by atoms with Gasteiger partial charge in [-0.1, -0.05) is 0 Å². The fourth-order valence-electron chi connectivity index (χ4n) is 1.20. The van der Waals surface area contributed by atoms with Gasteiger partial charge >= 0.3 is 0 Å². The van der Waals surface area contributed by atoms with Gasteiger partial charge in [0.1, 0.15) is 11.5 Å². The lowest BCUT2D eigenvalue weighted by Crippen LogP contribution is -1.81. The molecule has 0 aliphatic carbocycles. The Balaban J connectivity index is 2.48. The van der Waals surface area contributed by atoms with Crippen LogP contribution in [0.25, 0.3) is 11.4 Å². The summed E-state index contributed by atoms with van der Waals surface area (Å²) in [5.74, 6) is 0.723. The van der Waals surface area contributed by atoms with Crippen molar-refractivity contribution in [2.45, 2.75) is 6.92 Å². The fourth-order valence-corrected chi connectivity index (χ4v) is 1.20. The number of rotatable bonds is 2. The number of carbonyl (C=O) groups is 1. The van der Waals surface area contributed by atoms with Gasteiger partial charge in [-0.25, -0.2) is 4.98 Å². The minimum Gasteiger partial charge on any atom is -0.367 e. The molecule has 2 N–H and O–H groups in total. The van der Waals surface area contributed by atoms with Gasteiger partial charge in [-0.3, -0.25) is 4.79 Å². The largest absolute Gasteiger partial charge is 0.367 e. The van der Waals surface area contributed by atoms with Gasteiger partial charge in [0.05, 0.1) is 0 Å². The summed E-state index contributed by atoms with van der Waals surface area (Å²) in [5.41, 5.74) is 2.22. The van der Waals surface area contributed by atoms with Gasteiger partial charge in [0, 0.05) is 23.7 Å². The summed E-state index contributed by atoms with van der Waals surface area (Å²) >= 11 is 0. The second kappa shape index (κ2) is 2.90. The third-order valence-corrected chi connectivity index (χ3v) is 1.91. The molecule has 2 aromatic heterocycles. The minimum absolute atomic E-state index is 0.469. The van der Waals surface area contributed by atoms with Crippen LogP contribution in [-0.4, -0.2) is 21.2 Å². The van der Waals surface area contributed by atoms with Gasteiger partial charge in [-0.05, 0) is 13.0 Å². The van der Waals surface area contributed by atoms with Crippen molar-refractivity contribution in [2.75, 3.05) is 0 Å². The molecule has 0 unspecified atom stereocenters. The third kappa shape index (κ3) is 1.26. The molecule has 0 amide bonds. The average molecular weight is 175 g/mol. The highest BCUT2D eigenvalue weighted by Crippen LogP contribution is 2.15. The number of imidazole rings is 1. The second-order valence-electron chi connectivity index (χ2n) is 2.81.